The summed E-state index contributed by atoms with van der Waals surface area (Å²) in [6.45, 7) is 7.78. The van der Waals surface area contributed by atoms with Crippen molar-refractivity contribution in [3.8, 4) is 0 Å². The van der Waals surface area contributed by atoms with Crippen molar-refractivity contribution < 1.29 is 4.79 Å². The number of nitrogens with one attached hydrogen (secondary N) is 1. The van der Waals surface area contributed by atoms with Crippen LogP contribution in [0.25, 0.3) is 0 Å². The normalized spacial score (nSPS) is 23.5. The van der Waals surface area contributed by atoms with Crippen LogP contribution in [0.1, 0.15) is 72.1 Å². The van der Waals surface area contributed by atoms with E-state index in [1.54, 1.807) is 0 Å². The van der Waals surface area contributed by atoms with Crippen molar-refractivity contribution in [1.82, 2.24) is 5.32 Å². The van der Waals surface area contributed by atoms with Crippen molar-refractivity contribution in [3.05, 3.63) is 0 Å². The Balaban J connectivity index is 2.35. The van der Waals surface area contributed by atoms with E-state index in [0.29, 0.717) is 11.3 Å². The molecule has 1 N–H and O–H groups in total. The average molecular weight is 239 g/mol. The zero-order chi connectivity index (χ0) is 12.7. The summed E-state index contributed by atoms with van der Waals surface area (Å²) in [6, 6.07) is 0. The minimum Gasteiger partial charge on any atom is -0.356 e. The Morgan fingerprint density at radius 1 is 1.29 bits per heavy atom. The molecule has 2 atom stereocenters. The van der Waals surface area contributed by atoms with Gasteiger partial charge in [0.05, 0.1) is 0 Å². The molecule has 0 radical (unpaired) electrons. The van der Waals surface area contributed by atoms with Gasteiger partial charge < -0.3 is 5.32 Å². The number of amides is 1. The van der Waals surface area contributed by atoms with E-state index in [1.165, 1.54) is 38.5 Å². The second-order valence-corrected chi connectivity index (χ2v) is 5.96. The summed E-state index contributed by atoms with van der Waals surface area (Å²) in [5.74, 6) is 0.573. The standard InChI is InChI=1S/C15H29NO/c1-4-6-7-8-10-15(3,5-2)12-13-9-11-16-14(13)17/h13H,4-12H2,1-3H3,(H,16,17). The molecule has 1 fully saturated rings. The summed E-state index contributed by atoms with van der Waals surface area (Å²) in [4.78, 5) is 11.6. The van der Waals surface area contributed by atoms with Crippen molar-refractivity contribution in [2.24, 2.45) is 11.3 Å². The van der Waals surface area contributed by atoms with Gasteiger partial charge in [-0.05, 0) is 24.7 Å². The van der Waals surface area contributed by atoms with Crippen molar-refractivity contribution >= 4 is 5.91 Å². The van der Waals surface area contributed by atoms with Crippen LogP contribution in [0.15, 0.2) is 0 Å². The van der Waals surface area contributed by atoms with Gasteiger partial charge in [0.25, 0.3) is 0 Å². The fourth-order valence-corrected chi connectivity index (χ4v) is 2.84. The summed E-state index contributed by atoms with van der Waals surface area (Å²) >= 11 is 0. The third kappa shape index (κ3) is 4.69. The molecule has 1 aliphatic rings. The van der Waals surface area contributed by atoms with Crippen LogP contribution in [0.5, 0.6) is 0 Å². The van der Waals surface area contributed by atoms with Gasteiger partial charge in [-0.2, -0.15) is 0 Å². The lowest BCUT2D eigenvalue weighted by molar-refractivity contribution is -0.123. The molecular formula is C15H29NO. The van der Waals surface area contributed by atoms with Crippen LogP contribution in [0, 0.1) is 11.3 Å². The average Bonchev–Trinajstić information content (AvgIpc) is 2.71. The number of unbranched alkanes of at least 4 members (excludes halogenated alkanes) is 3. The highest BCUT2D eigenvalue weighted by Gasteiger charge is 2.32. The van der Waals surface area contributed by atoms with Gasteiger partial charge in [-0.3, -0.25) is 4.79 Å². The first-order chi connectivity index (χ1) is 8.11. The lowest BCUT2D eigenvalue weighted by Crippen LogP contribution is -2.25. The van der Waals surface area contributed by atoms with Gasteiger partial charge in [0.2, 0.25) is 5.91 Å². The second-order valence-electron chi connectivity index (χ2n) is 5.96. The highest BCUT2D eigenvalue weighted by molar-refractivity contribution is 5.80. The van der Waals surface area contributed by atoms with E-state index in [2.05, 4.69) is 26.1 Å². The molecule has 100 valence electrons. The van der Waals surface area contributed by atoms with E-state index in [1.807, 2.05) is 0 Å². The zero-order valence-corrected chi connectivity index (χ0v) is 11.8. The van der Waals surface area contributed by atoms with Gasteiger partial charge in [0, 0.05) is 12.5 Å². The van der Waals surface area contributed by atoms with Gasteiger partial charge >= 0.3 is 0 Å². The molecule has 1 saturated heterocycles. The molecule has 0 saturated carbocycles. The van der Waals surface area contributed by atoms with E-state index >= 15 is 0 Å². The molecule has 0 aromatic carbocycles. The molecule has 1 rings (SSSR count). The van der Waals surface area contributed by atoms with Gasteiger partial charge in [0.15, 0.2) is 0 Å². The molecule has 0 aliphatic carbocycles. The maximum Gasteiger partial charge on any atom is 0.223 e. The van der Waals surface area contributed by atoms with Crippen LogP contribution in [0.3, 0.4) is 0 Å². The summed E-state index contributed by atoms with van der Waals surface area (Å²) in [5.41, 5.74) is 0.375. The predicted octanol–water partition coefficient (Wildman–Crippen LogP) is 3.90. The molecule has 1 aliphatic heterocycles. The van der Waals surface area contributed by atoms with Crippen LogP contribution in [0.4, 0.5) is 0 Å². The van der Waals surface area contributed by atoms with Crippen molar-refractivity contribution in [2.75, 3.05) is 6.54 Å². The monoisotopic (exact) mass is 239 g/mol. The molecule has 2 unspecified atom stereocenters. The van der Waals surface area contributed by atoms with E-state index < -0.39 is 0 Å². The first kappa shape index (κ1) is 14.5. The Kier molecular flexibility index (Phi) is 6.01. The third-order valence-corrected chi connectivity index (χ3v) is 4.39. The van der Waals surface area contributed by atoms with Crippen LogP contribution in [-0.2, 0) is 4.79 Å². The Hall–Kier alpha value is -0.530. The molecule has 0 spiro atoms. The minimum atomic E-state index is 0.283. The molecule has 1 amide bonds. The summed E-state index contributed by atoms with van der Waals surface area (Å²) in [6.07, 6.45) is 9.94. The maximum absolute atomic E-state index is 11.6. The molecule has 0 aromatic heterocycles. The Labute approximate surface area is 107 Å². The molecule has 0 aromatic rings. The fourth-order valence-electron chi connectivity index (χ4n) is 2.84. The number of hydrogen-bond acceptors (Lipinski definition) is 1. The minimum absolute atomic E-state index is 0.283. The molecular weight excluding hydrogens is 210 g/mol. The highest BCUT2D eigenvalue weighted by atomic mass is 16.2. The quantitative estimate of drug-likeness (QED) is 0.639. The van der Waals surface area contributed by atoms with E-state index in [0.717, 1.165) is 19.4 Å². The molecule has 0 bridgehead atoms. The SMILES string of the molecule is CCCCCCC(C)(CC)CC1CCNC1=O. The first-order valence-electron chi connectivity index (χ1n) is 7.39. The van der Waals surface area contributed by atoms with Crippen molar-refractivity contribution in [1.29, 1.82) is 0 Å². The first-order valence-corrected chi connectivity index (χ1v) is 7.39. The summed E-state index contributed by atoms with van der Waals surface area (Å²) in [7, 11) is 0. The van der Waals surface area contributed by atoms with Gasteiger partial charge in [0.1, 0.15) is 0 Å². The van der Waals surface area contributed by atoms with Crippen molar-refractivity contribution in [3.63, 3.8) is 0 Å². The number of carbonyl (C=O) groups is 1. The Morgan fingerprint density at radius 3 is 2.59 bits per heavy atom. The maximum atomic E-state index is 11.6. The zero-order valence-electron chi connectivity index (χ0n) is 11.8. The van der Waals surface area contributed by atoms with E-state index in [4.69, 9.17) is 0 Å². The smallest absolute Gasteiger partial charge is 0.223 e. The van der Waals surface area contributed by atoms with Crippen LogP contribution in [-0.4, -0.2) is 12.5 Å². The Morgan fingerprint density at radius 2 is 2.06 bits per heavy atom. The van der Waals surface area contributed by atoms with Gasteiger partial charge in [-0.25, -0.2) is 0 Å². The topological polar surface area (TPSA) is 29.1 Å². The third-order valence-electron chi connectivity index (χ3n) is 4.39. The number of hydrogen-bond donors (Lipinski definition) is 1. The number of carbonyl (C=O) groups excluding carboxylic acids is 1. The van der Waals surface area contributed by atoms with Gasteiger partial charge in [-0.1, -0.05) is 52.9 Å². The van der Waals surface area contributed by atoms with E-state index in [-0.39, 0.29) is 5.92 Å². The largest absolute Gasteiger partial charge is 0.356 e. The molecule has 17 heavy (non-hydrogen) atoms. The molecule has 1 heterocycles. The number of rotatable bonds is 8. The van der Waals surface area contributed by atoms with Crippen molar-refractivity contribution in [2.45, 2.75) is 72.1 Å². The lowest BCUT2D eigenvalue weighted by Gasteiger charge is -2.30. The fraction of sp³-hybridized carbons (Fsp3) is 0.933. The van der Waals surface area contributed by atoms with Crippen LogP contribution in [0.2, 0.25) is 0 Å². The van der Waals surface area contributed by atoms with Crippen LogP contribution < -0.4 is 5.32 Å². The lowest BCUT2D eigenvalue weighted by atomic mass is 9.74. The second kappa shape index (κ2) is 7.03. The summed E-state index contributed by atoms with van der Waals surface area (Å²) in [5, 5.41) is 2.95. The Bertz CT molecular complexity index is 239. The van der Waals surface area contributed by atoms with Gasteiger partial charge in [-0.15, -0.1) is 0 Å². The highest BCUT2D eigenvalue weighted by Crippen LogP contribution is 2.37. The molecule has 2 nitrogen and oxygen atoms in total. The van der Waals surface area contributed by atoms with E-state index in [9.17, 15) is 4.79 Å². The summed E-state index contributed by atoms with van der Waals surface area (Å²) < 4.78 is 0. The molecule has 2 heteroatoms. The van der Waals surface area contributed by atoms with Crippen LogP contribution >= 0.6 is 0 Å². The predicted molar refractivity (Wildman–Crippen MR) is 72.9 cm³/mol.